The number of Topliss-reactive ketones (excluding diaryl/α,β-unsaturated/α-hetero) is 1. The number of fused-ring (bicyclic) bond motifs is 2. The standard InChI is InChI=1S/C19H26O4/c1-16(2)9-12(20)8-13(10-16)23-15(22)19-7-6-18(5,14(21)11-19)17(19,3)4/h8H,6-7,9-11H2,1-5H3. The van der Waals surface area contributed by atoms with Gasteiger partial charge in [0.25, 0.3) is 0 Å². The lowest BCUT2D eigenvalue weighted by Crippen LogP contribution is -2.41. The van der Waals surface area contributed by atoms with Crippen molar-refractivity contribution in [3.05, 3.63) is 11.8 Å². The van der Waals surface area contributed by atoms with E-state index in [1.807, 2.05) is 34.6 Å². The minimum atomic E-state index is -0.746. The normalized spacial score (nSPS) is 37.7. The van der Waals surface area contributed by atoms with Crippen LogP contribution in [-0.4, -0.2) is 17.5 Å². The average molecular weight is 318 g/mol. The maximum Gasteiger partial charge on any atom is 0.318 e. The highest BCUT2D eigenvalue weighted by Crippen LogP contribution is 2.71. The van der Waals surface area contributed by atoms with Crippen molar-refractivity contribution < 1.29 is 19.1 Å². The van der Waals surface area contributed by atoms with Gasteiger partial charge in [0, 0.05) is 30.8 Å². The summed E-state index contributed by atoms with van der Waals surface area (Å²) in [6, 6.07) is 0. The Labute approximate surface area is 137 Å². The molecule has 0 spiro atoms. The number of ether oxygens (including phenoxy) is 1. The second kappa shape index (κ2) is 4.55. The molecule has 0 aliphatic heterocycles. The Morgan fingerprint density at radius 2 is 1.65 bits per heavy atom. The molecular formula is C19H26O4. The van der Waals surface area contributed by atoms with Crippen LogP contribution in [0.15, 0.2) is 11.8 Å². The molecule has 126 valence electrons. The summed E-state index contributed by atoms with van der Waals surface area (Å²) in [7, 11) is 0. The predicted octanol–water partition coefficient (Wildman–Crippen LogP) is 3.59. The quantitative estimate of drug-likeness (QED) is 0.730. The monoisotopic (exact) mass is 318 g/mol. The van der Waals surface area contributed by atoms with E-state index in [0.717, 1.165) is 6.42 Å². The summed E-state index contributed by atoms with van der Waals surface area (Å²) < 4.78 is 5.68. The van der Waals surface area contributed by atoms with Crippen molar-refractivity contribution in [2.24, 2.45) is 21.7 Å². The molecule has 2 unspecified atom stereocenters. The van der Waals surface area contributed by atoms with Crippen molar-refractivity contribution in [1.82, 2.24) is 0 Å². The number of allylic oxidation sites excluding steroid dienone is 2. The van der Waals surface area contributed by atoms with Gasteiger partial charge in [-0.1, -0.05) is 34.6 Å². The number of carbonyl (C=O) groups is 3. The van der Waals surface area contributed by atoms with E-state index in [9.17, 15) is 14.4 Å². The third-order valence-corrected chi connectivity index (χ3v) is 6.95. The summed E-state index contributed by atoms with van der Waals surface area (Å²) in [5.74, 6) is 0.294. The van der Waals surface area contributed by atoms with E-state index >= 15 is 0 Å². The zero-order chi connectivity index (χ0) is 17.3. The minimum absolute atomic E-state index is 0.000399. The van der Waals surface area contributed by atoms with Crippen LogP contribution in [0.4, 0.5) is 0 Å². The molecule has 4 nitrogen and oxygen atoms in total. The van der Waals surface area contributed by atoms with Crippen LogP contribution in [0.25, 0.3) is 0 Å². The lowest BCUT2D eigenvalue weighted by atomic mass is 9.65. The van der Waals surface area contributed by atoms with E-state index in [0.29, 0.717) is 25.0 Å². The molecule has 3 aliphatic rings. The molecular weight excluding hydrogens is 292 g/mol. The fourth-order valence-electron chi connectivity index (χ4n) is 4.88. The molecule has 3 aliphatic carbocycles. The average Bonchev–Trinajstić information content (AvgIpc) is 2.66. The number of hydrogen-bond donors (Lipinski definition) is 0. The molecule has 0 N–H and O–H groups in total. The van der Waals surface area contributed by atoms with Gasteiger partial charge in [-0.3, -0.25) is 14.4 Å². The number of esters is 1. The van der Waals surface area contributed by atoms with Gasteiger partial charge in [0.15, 0.2) is 5.78 Å². The van der Waals surface area contributed by atoms with Gasteiger partial charge in [-0.2, -0.15) is 0 Å². The van der Waals surface area contributed by atoms with Gasteiger partial charge in [0.1, 0.15) is 11.5 Å². The summed E-state index contributed by atoms with van der Waals surface area (Å²) >= 11 is 0. The number of rotatable bonds is 2. The van der Waals surface area contributed by atoms with Crippen molar-refractivity contribution in [3.63, 3.8) is 0 Å². The summed E-state index contributed by atoms with van der Waals surface area (Å²) in [6.07, 6.45) is 4.19. The Morgan fingerprint density at radius 3 is 2.13 bits per heavy atom. The molecule has 0 radical (unpaired) electrons. The van der Waals surface area contributed by atoms with E-state index in [1.54, 1.807) is 0 Å². The van der Waals surface area contributed by atoms with Gasteiger partial charge in [0.2, 0.25) is 0 Å². The first kappa shape index (κ1) is 16.4. The molecule has 2 fully saturated rings. The van der Waals surface area contributed by atoms with Crippen LogP contribution in [0.1, 0.15) is 66.7 Å². The Kier molecular flexibility index (Phi) is 3.25. The van der Waals surface area contributed by atoms with Crippen LogP contribution in [0, 0.1) is 21.7 Å². The van der Waals surface area contributed by atoms with Crippen LogP contribution < -0.4 is 0 Å². The van der Waals surface area contributed by atoms with Crippen molar-refractivity contribution in [2.45, 2.75) is 66.7 Å². The van der Waals surface area contributed by atoms with Gasteiger partial charge in [-0.15, -0.1) is 0 Å². The van der Waals surface area contributed by atoms with Crippen LogP contribution in [0.5, 0.6) is 0 Å². The zero-order valence-corrected chi connectivity index (χ0v) is 14.7. The molecule has 23 heavy (non-hydrogen) atoms. The molecule has 2 bridgehead atoms. The number of hydrogen-bond acceptors (Lipinski definition) is 4. The smallest absolute Gasteiger partial charge is 0.318 e. The van der Waals surface area contributed by atoms with Crippen molar-refractivity contribution in [2.75, 3.05) is 0 Å². The van der Waals surface area contributed by atoms with Crippen LogP contribution in [0.2, 0.25) is 0 Å². The van der Waals surface area contributed by atoms with Crippen LogP contribution in [0.3, 0.4) is 0 Å². The van der Waals surface area contributed by atoms with E-state index in [4.69, 9.17) is 4.74 Å². The number of ketones is 2. The van der Waals surface area contributed by atoms with Gasteiger partial charge in [-0.05, 0) is 23.7 Å². The molecule has 0 aromatic rings. The van der Waals surface area contributed by atoms with E-state index in [-0.39, 0.29) is 29.4 Å². The first-order valence-electron chi connectivity index (χ1n) is 8.43. The molecule has 0 aromatic carbocycles. The van der Waals surface area contributed by atoms with Crippen LogP contribution >= 0.6 is 0 Å². The molecule has 0 saturated heterocycles. The molecule has 0 heterocycles. The van der Waals surface area contributed by atoms with E-state index in [2.05, 4.69) is 0 Å². The largest absolute Gasteiger partial charge is 0.430 e. The van der Waals surface area contributed by atoms with Crippen LogP contribution in [-0.2, 0) is 19.1 Å². The molecule has 0 aromatic heterocycles. The SMILES string of the molecule is CC1(C)CC(=O)C=C(OC(=O)C23CCC(C)(C(=O)C2)C3(C)C)C1. The molecule has 2 saturated carbocycles. The zero-order valence-electron chi connectivity index (χ0n) is 14.7. The van der Waals surface area contributed by atoms with Crippen molar-refractivity contribution in [3.8, 4) is 0 Å². The molecule has 0 amide bonds. The Hall–Kier alpha value is -1.45. The Morgan fingerprint density at radius 1 is 1.00 bits per heavy atom. The molecule has 2 atom stereocenters. The van der Waals surface area contributed by atoms with Gasteiger partial charge in [0.05, 0.1) is 5.41 Å². The summed E-state index contributed by atoms with van der Waals surface area (Å²) in [4.78, 5) is 37.3. The van der Waals surface area contributed by atoms with Gasteiger partial charge >= 0.3 is 5.97 Å². The maximum absolute atomic E-state index is 13.0. The Bertz CT molecular complexity index is 640. The van der Waals surface area contributed by atoms with Gasteiger partial charge in [-0.25, -0.2) is 0 Å². The second-order valence-corrected chi connectivity index (χ2v) is 9.12. The topological polar surface area (TPSA) is 60.4 Å². The second-order valence-electron chi connectivity index (χ2n) is 9.12. The van der Waals surface area contributed by atoms with Crippen molar-refractivity contribution in [1.29, 1.82) is 0 Å². The minimum Gasteiger partial charge on any atom is -0.430 e. The highest BCUT2D eigenvalue weighted by Gasteiger charge is 2.73. The lowest BCUT2D eigenvalue weighted by molar-refractivity contribution is -0.158. The predicted molar refractivity (Wildman–Crippen MR) is 85.4 cm³/mol. The number of carbonyl (C=O) groups excluding carboxylic acids is 3. The first-order valence-corrected chi connectivity index (χ1v) is 8.43. The fraction of sp³-hybridized carbons (Fsp3) is 0.737. The summed E-state index contributed by atoms with van der Waals surface area (Å²) in [5, 5.41) is 0. The fourth-order valence-corrected chi connectivity index (χ4v) is 4.88. The Balaban J connectivity index is 1.88. The highest BCUT2D eigenvalue weighted by molar-refractivity contribution is 5.98. The summed E-state index contributed by atoms with van der Waals surface area (Å²) in [5.41, 5.74) is -1.79. The summed E-state index contributed by atoms with van der Waals surface area (Å²) in [6.45, 7) is 10.00. The third-order valence-electron chi connectivity index (χ3n) is 6.95. The first-order chi connectivity index (χ1) is 10.4. The van der Waals surface area contributed by atoms with Gasteiger partial charge < -0.3 is 4.74 Å². The third kappa shape index (κ3) is 2.06. The maximum atomic E-state index is 13.0. The van der Waals surface area contributed by atoms with Crippen molar-refractivity contribution >= 4 is 17.5 Å². The molecule has 4 heteroatoms. The lowest BCUT2D eigenvalue weighted by Gasteiger charge is -2.38. The van der Waals surface area contributed by atoms with E-state index < -0.39 is 16.2 Å². The van der Waals surface area contributed by atoms with E-state index in [1.165, 1.54) is 6.08 Å². The highest BCUT2D eigenvalue weighted by atomic mass is 16.5. The molecule has 3 rings (SSSR count).